The summed E-state index contributed by atoms with van der Waals surface area (Å²) in [6.07, 6.45) is 2.73. The van der Waals surface area contributed by atoms with Crippen molar-refractivity contribution in [3.63, 3.8) is 0 Å². The van der Waals surface area contributed by atoms with Gasteiger partial charge in [-0.15, -0.1) is 11.8 Å². The summed E-state index contributed by atoms with van der Waals surface area (Å²) in [4.78, 5) is 70.3. The molecule has 49 heavy (non-hydrogen) atoms. The van der Waals surface area contributed by atoms with Gasteiger partial charge in [-0.2, -0.15) is 4.31 Å². The summed E-state index contributed by atoms with van der Waals surface area (Å²) in [6, 6.07) is 6.53. The van der Waals surface area contributed by atoms with Crippen LogP contribution in [-0.4, -0.2) is 112 Å². The van der Waals surface area contributed by atoms with Gasteiger partial charge < -0.3 is 25.2 Å². The molecule has 2 aromatic rings. The molecule has 2 aliphatic heterocycles. The van der Waals surface area contributed by atoms with Crippen LogP contribution < -0.4 is 16.0 Å². The number of esters is 1. The van der Waals surface area contributed by atoms with E-state index in [1.54, 1.807) is 63.8 Å². The van der Waals surface area contributed by atoms with Gasteiger partial charge in [0.25, 0.3) is 0 Å². The van der Waals surface area contributed by atoms with Gasteiger partial charge in [-0.3, -0.25) is 19.9 Å². The van der Waals surface area contributed by atoms with Crippen LogP contribution in [0, 0.1) is 0 Å². The van der Waals surface area contributed by atoms with Gasteiger partial charge in [0.05, 0.1) is 5.88 Å². The number of hydrogen-bond acceptors (Lipinski definition) is 10. The quantitative estimate of drug-likeness (QED) is 0.342. The number of hydrogen-bond donors (Lipinski definition) is 3. The molecule has 4 rings (SSSR count). The molecule has 17 heteroatoms. The maximum absolute atomic E-state index is 13.9. The molecule has 6 amide bonds. The number of carbonyl (C=O) groups is 5. The Morgan fingerprint density at radius 2 is 1.61 bits per heavy atom. The van der Waals surface area contributed by atoms with Gasteiger partial charge in [-0.25, -0.2) is 22.8 Å². The van der Waals surface area contributed by atoms with Crippen LogP contribution in [0.4, 0.5) is 15.3 Å². The Bertz CT molecular complexity index is 1660. The van der Waals surface area contributed by atoms with Crippen molar-refractivity contribution < 1.29 is 37.1 Å². The summed E-state index contributed by atoms with van der Waals surface area (Å²) in [5.41, 5.74) is 0.290. The standard InChI is InChI=1S/C32H43N7O8S2/c1-21(40)34-29(43)37-14-16-38(17-15-37)30(44)35-23-11-9-22(10-12-23)18-25(28(42)47-31(2,3)4)36-27(41)26-32(5,6)48-20-39(26)49(45,46)24-8-7-13-33-19-24/h7-13,19,25-26H,14-18,20H2,1-6H3,(H,35,44)(H,36,41)(H,34,40,43)/t25-,26+/m0/s1. The number of anilines is 1. The number of benzene rings is 1. The Labute approximate surface area is 290 Å². The third-order valence-corrected chi connectivity index (χ3v) is 11.1. The first kappa shape index (κ1) is 37.6. The number of ether oxygens (including phenoxy) is 1. The van der Waals surface area contributed by atoms with Crippen molar-refractivity contribution in [3.8, 4) is 0 Å². The highest BCUT2D eigenvalue weighted by Gasteiger charge is 2.51. The fourth-order valence-electron chi connectivity index (χ4n) is 5.34. The van der Waals surface area contributed by atoms with Crippen LogP contribution in [0.25, 0.3) is 0 Å². The first-order valence-corrected chi connectivity index (χ1v) is 18.1. The molecule has 3 N–H and O–H groups in total. The Kier molecular flexibility index (Phi) is 11.6. The number of pyridine rings is 1. The number of aromatic nitrogens is 1. The van der Waals surface area contributed by atoms with Crippen molar-refractivity contribution in [2.45, 2.75) is 75.3 Å². The number of sulfonamides is 1. The summed E-state index contributed by atoms with van der Waals surface area (Å²) in [5.74, 6) is -1.73. The van der Waals surface area contributed by atoms with Crippen molar-refractivity contribution in [3.05, 3.63) is 54.4 Å². The van der Waals surface area contributed by atoms with Crippen LogP contribution in [0.2, 0.25) is 0 Å². The predicted octanol–water partition coefficient (Wildman–Crippen LogP) is 2.40. The average Bonchev–Trinajstić information content (AvgIpc) is 3.36. The minimum Gasteiger partial charge on any atom is -0.458 e. The molecule has 0 radical (unpaired) electrons. The van der Waals surface area contributed by atoms with Crippen LogP contribution >= 0.6 is 11.8 Å². The largest absolute Gasteiger partial charge is 0.458 e. The van der Waals surface area contributed by atoms with Gasteiger partial charge in [-0.1, -0.05) is 12.1 Å². The summed E-state index contributed by atoms with van der Waals surface area (Å²) in [5, 5.41) is 7.81. The molecule has 2 aliphatic rings. The molecule has 15 nitrogen and oxygen atoms in total. The number of thioether (sulfide) groups is 1. The van der Waals surface area contributed by atoms with Crippen LogP contribution in [0.1, 0.15) is 47.1 Å². The number of nitrogens with zero attached hydrogens (tertiary/aromatic N) is 4. The zero-order valence-corrected chi connectivity index (χ0v) is 30.0. The van der Waals surface area contributed by atoms with Crippen molar-refractivity contribution in [1.29, 1.82) is 0 Å². The molecule has 2 fully saturated rings. The van der Waals surface area contributed by atoms with E-state index in [-0.39, 0.29) is 49.4 Å². The van der Waals surface area contributed by atoms with Crippen LogP contribution in [0.3, 0.4) is 0 Å². The monoisotopic (exact) mass is 717 g/mol. The van der Waals surface area contributed by atoms with Gasteiger partial charge in [-0.05, 0) is 64.4 Å². The molecule has 0 saturated carbocycles. The number of urea groups is 2. The van der Waals surface area contributed by atoms with Crippen LogP contribution in [0.5, 0.6) is 0 Å². The lowest BCUT2D eigenvalue weighted by Gasteiger charge is -2.34. The molecule has 0 bridgehead atoms. The topological polar surface area (TPSA) is 187 Å². The van der Waals surface area contributed by atoms with E-state index in [1.165, 1.54) is 48.1 Å². The highest BCUT2D eigenvalue weighted by atomic mass is 32.2. The van der Waals surface area contributed by atoms with Crippen molar-refractivity contribution in [2.75, 3.05) is 37.4 Å². The summed E-state index contributed by atoms with van der Waals surface area (Å²) in [7, 11) is -4.08. The van der Waals surface area contributed by atoms with E-state index in [9.17, 15) is 32.4 Å². The zero-order valence-electron chi connectivity index (χ0n) is 28.4. The van der Waals surface area contributed by atoms with Gasteiger partial charge in [0, 0.05) is 62.4 Å². The molecule has 2 saturated heterocycles. The highest BCUT2D eigenvalue weighted by Crippen LogP contribution is 2.42. The summed E-state index contributed by atoms with van der Waals surface area (Å²) in [6.45, 7) is 11.0. The normalized spacial score (nSPS) is 18.7. The summed E-state index contributed by atoms with van der Waals surface area (Å²) >= 11 is 1.31. The molecular formula is C32H43N7O8S2. The number of rotatable bonds is 8. The maximum atomic E-state index is 13.9. The molecular weight excluding hydrogens is 675 g/mol. The number of nitrogens with one attached hydrogen (secondary N) is 3. The molecule has 2 atom stereocenters. The molecule has 1 aromatic heterocycles. The third-order valence-electron chi connectivity index (χ3n) is 7.79. The second-order valence-corrected chi connectivity index (χ2v) is 16.7. The van der Waals surface area contributed by atoms with Gasteiger partial charge in [0.2, 0.25) is 21.8 Å². The van der Waals surface area contributed by atoms with E-state index >= 15 is 0 Å². The second-order valence-electron chi connectivity index (χ2n) is 13.2. The first-order chi connectivity index (χ1) is 22.9. The van der Waals surface area contributed by atoms with Gasteiger partial charge in [0.15, 0.2) is 0 Å². The molecule has 0 spiro atoms. The lowest BCUT2D eigenvalue weighted by Crippen LogP contribution is -2.57. The van der Waals surface area contributed by atoms with E-state index in [2.05, 4.69) is 20.9 Å². The Morgan fingerprint density at radius 3 is 2.16 bits per heavy atom. The Hall–Kier alpha value is -4.22. The predicted molar refractivity (Wildman–Crippen MR) is 183 cm³/mol. The van der Waals surface area contributed by atoms with Gasteiger partial charge in [0.1, 0.15) is 22.6 Å². The highest BCUT2D eigenvalue weighted by molar-refractivity contribution is 8.02. The van der Waals surface area contributed by atoms with Gasteiger partial charge >= 0.3 is 18.0 Å². The molecule has 1 aromatic carbocycles. The second kappa shape index (κ2) is 15.1. The number of piperazine rings is 1. The fourth-order valence-corrected chi connectivity index (χ4v) is 8.47. The number of carbonyl (C=O) groups excluding carboxylic acids is 5. The minimum absolute atomic E-state index is 0.0365. The average molecular weight is 718 g/mol. The molecule has 0 aliphatic carbocycles. The summed E-state index contributed by atoms with van der Waals surface area (Å²) < 4.78 is 33.1. The van der Waals surface area contributed by atoms with Crippen LogP contribution in [0.15, 0.2) is 53.7 Å². The smallest absolute Gasteiger partial charge is 0.329 e. The Balaban J connectivity index is 1.45. The number of amides is 6. The minimum atomic E-state index is -4.08. The van der Waals surface area contributed by atoms with Crippen LogP contribution in [-0.2, 0) is 35.6 Å². The van der Waals surface area contributed by atoms with E-state index < -0.39 is 56.3 Å². The SMILES string of the molecule is CC(=O)NC(=O)N1CCN(C(=O)Nc2ccc(C[C@H](NC(=O)[C@H]3N(S(=O)(=O)c4cccnc4)CSC3(C)C)C(=O)OC(C)(C)C)cc2)CC1. The molecule has 0 unspecified atom stereocenters. The Morgan fingerprint density at radius 1 is 1.00 bits per heavy atom. The number of imide groups is 1. The van der Waals surface area contributed by atoms with Crippen molar-refractivity contribution in [1.82, 2.24) is 29.7 Å². The molecule has 3 heterocycles. The molecule has 266 valence electrons. The third kappa shape index (κ3) is 9.70. The van der Waals surface area contributed by atoms with E-state index in [1.807, 2.05) is 0 Å². The van der Waals surface area contributed by atoms with E-state index in [4.69, 9.17) is 4.74 Å². The lowest BCUT2D eigenvalue weighted by molar-refractivity contribution is -0.158. The lowest BCUT2D eigenvalue weighted by atomic mass is 10.0. The zero-order chi connectivity index (χ0) is 36.1. The van der Waals surface area contributed by atoms with Crippen molar-refractivity contribution >= 4 is 57.3 Å². The van der Waals surface area contributed by atoms with Crippen molar-refractivity contribution in [2.24, 2.45) is 0 Å². The fraction of sp³-hybridized carbons (Fsp3) is 0.500. The maximum Gasteiger partial charge on any atom is 0.329 e. The van der Waals surface area contributed by atoms with E-state index in [0.717, 1.165) is 4.31 Å². The first-order valence-electron chi connectivity index (χ1n) is 15.7. The van der Waals surface area contributed by atoms with E-state index in [0.29, 0.717) is 11.3 Å².